The molecule has 0 unspecified atom stereocenters. The maximum absolute atomic E-state index is 14.4. The van der Waals surface area contributed by atoms with Crippen LogP contribution in [0.1, 0.15) is 41.0 Å². The molecule has 3 rings (SSSR count). The fraction of sp³-hybridized carbons (Fsp3) is 0.267. The molecule has 204 valence electrons. The molecule has 9 nitrogen and oxygen atoms in total. The molecule has 0 spiro atoms. The lowest BCUT2D eigenvalue weighted by Crippen LogP contribution is -2.49. The van der Waals surface area contributed by atoms with E-state index in [1.165, 1.54) is 12.0 Å². The van der Waals surface area contributed by atoms with Gasteiger partial charge in [-0.2, -0.15) is 0 Å². The highest BCUT2D eigenvalue weighted by atomic mass is 16.5. The SMILES string of the molecule is COC(=O)Cc1ccc(CN(C(=O)C(c2ccccc2)c2ccccc2)[C@H](CCCNC(=N)N)C(N)=O)cc1. The first-order valence-electron chi connectivity index (χ1n) is 12.7. The van der Waals surface area contributed by atoms with Gasteiger partial charge < -0.3 is 26.4 Å². The van der Waals surface area contributed by atoms with E-state index in [-0.39, 0.29) is 37.2 Å². The van der Waals surface area contributed by atoms with Gasteiger partial charge in [-0.1, -0.05) is 84.9 Å². The fourth-order valence-corrected chi connectivity index (χ4v) is 4.44. The Labute approximate surface area is 228 Å². The van der Waals surface area contributed by atoms with Crippen LogP contribution >= 0.6 is 0 Å². The van der Waals surface area contributed by atoms with Crippen molar-refractivity contribution < 1.29 is 19.1 Å². The Morgan fingerprint density at radius 1 is 0.872 bits per heavy atom. The zero-order valence-electron chi connectivity index (χ0n) is 22.0. The standard InChI is InChI=1S/C30H35N5O4/c1-39-26(36)19-21-14-16-22(17-15-21)20-35(25(28(31)37)13-8-18-34-30(32)33)29(38)27(23-9-4-2-5-10-23)24-11-6-3-7-12-24/h2-7,9-12,14-17,25,27H,8,13,18-20H2,1H3,(H2,31,37)(H4,32,33,34)/t25-/m1/s1. The molecule has 0 aromatic heterocycles. The topological polar surface area (TPSA) is 152 Å². The summed E-state index contributed by atoms with van der Waals surface area (Å²) in [5.74, 6) is -2.04. The third kappa shape index (κ3) is 8.43. The molecule has 3 aromatic carbocycles. The molecule has 0 aliphatic rings. The number of benzene rings is 3. The maximum Gasteiger partial charge on any atom is 0.309 e. The number of primary amides is 1. The van der Waals surface area contributed by atoms with Crippen LogP contribution in [0.3, 0.4) is 0 Å². The van der Waals surface area contributed by atoms with Gasteiger partial charge in [0.25, 0.3) is 0 Å². The van der Waals surface area contributed by atoms with Crippen molar-refractivity contribution in [2.75, 3.05) is 13.7 Å². The molecule has 6 N–H and O–H groups in total. The van der Waals surface area contributed by atoms with Crippen molar-refractivity contribution in [1.29, 1.82) is 5.41 Å². The second kappa shape index (κ2) is 14.3. The molecule has 39 heavy (non-hydrogen) atoms. The lowest BCUT2D eigenvalue weighted by Gasteiger charge is -2.33. The van der Waals surface area contributed by atoms with Crippen LogP contribution < -0.4 is 16.8 Å². The number of hydrogen-bond donors (Lipinski definition) is 4. The summed E-state index contributed by atoms with van der Waals surface area (Å²) in [4.78, 5) is 40.3. The van der Waals surface area contributed by atoms with Gasteiger partial charge in [0.15, 0.2) is 5.96 Å². The Balaban J connectivity index is 1.98. The number of nitrogens with one attached hydrogen (secondary N) is 2. The molecule has 0 aliphatic carbocycles. The molecule has 0 radical (unpaired) electrons. The van der Waals surface area contributed by atoms with Crippen LogP contribution in [0.5, 0.6) is 0 Å². The number of methoxy groups -OCH3 is 1. The van der Waals surface area contributed by atoms with Gasteiger partial charge >= 0.3 is 5.97 Å². The summed E-state index contributed by atoms with van der Waals surface area (Å²) in [6, 6.07) is 25.2. The number of carbonyl (C=O) groups is 3. The van der Waals surface area contributed by atoms with Gasteiger partial charge in [0.2, 0.25) is 11.8 Å². The number of nitrogens with two attached hydrogens (primary N) is 2. The van der Waals surface area contributed by atoms with Crippen molar-refractivity contribution in [3.05, 3.63) is 107 Å². The average molecular weight is 530 g/mol. The van der Waals surface area contributed by atoms with Crippen LogP contribution in [0.15, 0.2) is 84.9 Å². The van der Waals surface area contributed by atoms with Crippen LogP contribution in [0, 0.1) is 5.41 Å². The quantitative estimate of drug-likeness (QED) is 0.116. The summed E-state index contributed by atoms with van der Waals surface area (Å²) in [6.07, 6.45) is 0.894. The molecule has 2 amide bonds. The van der Waals surface area contributed by atoms with E-state index in [9.17, 15) is 14.4 Å². The van der Waals surface area contributed by atoms with Gasteiger partial charge in [0.05, 0.1) is 19.4 Å². The summed E-state index contributed by atoms with van der Waals surface area (Å²) in [5.41, 5.74) is 14.4. The third-order valence-corrected chi connectivity index (χ3v) is 6.42. The van der Waals surface area contributed by atoms with Crippen molar-refractivity contribution in [2.24, 2.45) is 11.5 Å². The molecular formula is C30H35N5O4. The Hall–Kier alpha value is -4.66. The Kier molecular flexibility index (Phi) is 10.6. The monoisotopic (exact) mass is 529 g/mol. The summed E-state index contributed by atoms with van der Waals surface area (Å²) in [7, 11) is 1.34. The van der Waals surface area contributed by atoms with Crippen LogP contribution in [0.25, 0.3) is 0 Å². The van der Waals surface area contributed by atoms with Gasteiger partial charge in [0.1, 0.15) is 6.04 Å². The van der Waals surface area contributed by atoms with Gasteiger partial charge in [-0.25, -0.2) is 0 Å². The van der Waals surface area contributed by atoms with E-state index in [0.717, 1.165) is 22.3 Å². The fourth-order valence-electron chi connectivity index (χ4n) is 4.44. The van der Waals surface area contributed by atoms with Crippen molar-refractivity contribution in [1.82, 2.24) is 10.2 Å². The van der Waals surface area contributed by atoms with Gasteiger partial charge in [0, 0.05) is 13.1 Å². The number of rotatable bonds is 13. The molecule has 0 aliphatic heterocycles. The molecule has 0 fully saturated rings. The van der Waals surface area contributed by atoms with Crippen molar-refractivity contribution >= 4 is 23.7 Å². The highest BCUT2D eigenvalue weighted by Gasteiger charge is 2.34. The summed E-state index contributed by atoms with van der Waals surface area (Å²) in [6.45, 7) is 0.505. The number of ether oxygens (including phenoxy) is 1. The number of nitrogens with zero attached hydrogens (tertiary/aromatic N) is 1. The first-order chi connectivity index (χ1) is 18.8. The molecule has 1 atom stereocenters. The van der Waals surface area contributed by atoms with Gasteiger partial charge in [-0.15, -0.1) is 0 Å². The van der Waals surface area contributed by atoms with E-state index in [0.29, 0.717) is 13.0 Å². The van der Waals surface area contributed by atoms with Gasteiger partial charge in [-0.05, 0) is 35.1 Å². The molecule has 0 bridgehead atoms. The predicted molar refractivity (Wildman–Crippen MR) is 150 cm³/mol. The first kappa shape index (κ1) is 28.9. The van der Waals surface area contributed by atoms with Crippen molar-refractivity contribution in [2.45, 2.75) is 37.8 Å². The third-order valence-electron chi connectivity index (χ3n) is 6.42. The van der Waals surface area contributed by atoms with Crippen molar-refractivity contribution in [3.8, 4) is 0 Å². The van der Waals surface area contributed by atoms with E-state index < -0.39 is 17.9 Å². The zero-order chi connectivity index (χ0) is 28.2. The van der Waals surface area contributed by atoms with E-state index >= 15 is 0 Å². The highest BCUT2D eigenvalue weighted by molar-refractivity contribution is 5.92. The summed E-state index contributed by atoms with van der Waals surface area (Å²) in [5, 5.41) is 10.1. The van der Waals surface area contributed by atoms with Crippen LogP contribution in [0.2, 0.25) is 0 Å². The number of esters is 1. The number of amides is 2. The molecule has 0 saturated carbocycles. The minimum absolute atomic E-state index is 0.135. The number of guanidine groups is 1. The van der Waals surface area contributed by atoms with Crippen LogP contribution in [0.4, 0.5) is 0 Å². The average Bonchev–Trinajstić information content (AvgIpc) is 2.94. The second-order valence-electron chi connectivity index (χ2n) is 9.19. The number of hydrogen-bond acceptors (Lipinski definition) is 5. The maximum atomic E-state index is 14.4. The Morgan fingerprint density at radius 2 is 1.41 bits per heavy atom. The van der Waals surface area contributed by atoms with Crippen LogP contribution in [-0.2, 0) is 32.1 Å². The van der Waals surface area contributed by atoms with Gasteiger partial charge in [-0.3, -0.25) is 19.8 Å². The Morgan fingerprint density at radius 3 is 1.90 bits per heavy atom. The molecule has 0 heterocycles. The lowest BCUT2D eigenvalue weighted by molar-refractivity contribution is -0.141. The number of carbonyl (C=O) groups excluding carboxylic acids is 3. The molecule has 0 saturated heterocycles. The first-order valence-corrected chi connectivity index (χ1v) is 12.7. The largest absolute Gasteiger partial charge is 0.469 e. The Bertz CT molecular complexity index is 1210. The minimum Gasteiger partial charge on any atom is -0.469 e. The normalized spacial score (nSPS) is 11.4. The van der Waals surface area contributed by atoms with E-state index in [2.05, 4.69) is 5.32 Å². The van der Waals surface area contributed by atoms with Crippen molar-refractivity contribution in [3.63, 3.8) is 0 Å². The summed E-state index contributed by atoms with van der Waals surface area (Å²) < 4.78 is 4.74. The smallest absolute Gasteiger partial charge is 0.309 e. The molecule has 9 heteroatoms. The summed E-state index contributed by atoms with van der Waals surface area (Å²) >= 11 is 0. The predicted octanol–water partition coefficient (Wildman–Crippen LogP) is 2.68. The van der Waals surface area contributed by atoms with E-state index in [1.54, 1.807) is 12.1 Å². The molecular weight excluding hydrogens is 494 g/mol. The van der Waals surface area contributed by atoms with Crippen LogP contribution in [-0.4, -0.2) is 48.3 Å². The highest BCUT2D eigenvalue weighted by Crippen LogP contribution is 2.29. The van der Waals surface area contributed by atoms with E-state index in [1.807, 2.05) is 72.8 Å². The molecule has 3 aromatic rings. The zero-order valence-corrected chi connectivity index (χ0v) is 22.0. The second-order valence-corrected chi connectivity index (χ2v) is 9.19. The van der Waals surface area contributed by atoms with E-state index in [4.69, 9.17) is 21.6 Å². The lowest BCUT2D eigenvalue weighted by atomic mass is 9.89. The minimum atomic E-state index is -0.893.